The Labute approximate surface area is 163 Å². The van der Waals surface area contributed by atoms with E-state index in [2.05, 4.69) is 28.3 Å². The molecule has 2 heterocycles. The Kier molecular flexibility index (Phi) is 5.03. The van der Waals surface area contributed by atoms with E-state index in [1.54, 1.807) is 0 Å². The van der Waals surface area contributed by atoms with E-state index >= 15 is 0 Å². The Morgan fingerprint density at radius 3 is 3.07 bits per heavy atom. The molecular weight excluding hydrogens is 362 g/mol. The first-order valence-corrected chi connectivity index (χ1v) is 9.64. The fourth-order valence-corrected chi connectivity index (χ4v) is 3.62. The molecule has 0 fully saturated rings. The number of H-pyrrole nitrogens is 1. The van der Waals surface area contributed by atoms with Gasteiger partial charge in [0.05, 0.1) is 11.0 Å². The number of halogens is 1. The summed E-state index contributed by atoms with van der Waals surface area (Å²) in [6, 6.07) is 11.8. The SMILES string of the molecule is C[C@@H]1Cc2cc(CCC(=O)NCCc3nc4ccc(Cl)cc4[nH]3)ccc2O1. The fourth-order valence-electron chi connectivity index (χ4n) is 3.45. The van der Waals surface area contributed by atoms with E-state index in [9.17, 15) is 4.79 Å². The molecule has 0 radical (unpaired) electrons. The first-order valence-electron chi connectivity index (χ1n) is 9.26. The third kappa shape index (κ3) is 4.25. The molecule has 1 aliphatic heterocycles. The Balaban J connectivity index is 1.24. The zero-order chi connectivity index (χ0) is 18.8. The number of aryl methyl sites for hydroxylation is 1. The number of ether oxygens (including phenoxy) is 1. The second kappa shape index (κ2) is 7.61. The maximum atomic E-state index is 12.1. The molecule has 2 aromatic carbocycles. The molecule has 1 aromatic heterocycles. The molecule has 1 atom stereocenters. The lowest BCUT2D eigenvalue weighted by Crippen LogP contribution is -2.26. The number of fused-ring (bicyclic) bond motifs is 2. The Bertz CT molecular complexity index is 983. The number of carbonyl (C=O) groups is 1. The highest BCUT2D eigenvalue weighted by Gasteiger charge is 2.18. The predicted molar refractivity (Wildman–Crippen MR) is 106 cm³/mol. The Hall–Kier alpha value is -2.53. The second-order valence-electron chi connectivity index (χ2n) is 7.02. The lowest BCUT2D eigenvalue weighted by molar-refractivity contribution is -0.121. The van der Waals surface area contributed by atoms with Crippen LogP contribution in [0.5, 0.6) is 5.75 Å². The van der Waals surface area contributed by atoms with Crippen LogP contribution in [0.4, 0.5) is 0 Å². The monoisotopic (exact) mass is 383 g/mol. The molecule has 4 rings (SSSR count). The van der Waals surface area contributed by atoms with Crippen LogP contribution in [-0.4, -0.2) is 28.5 Å². The minimum atomic E-state index is 0.0549. The van der Waals surface area contributed by atoms with Gasteiger partial charge in [-0.2, -0.15) is 0 Å². The van der Waals surface area contributed by atoms with Gasteiger partial charge in [0.1, 0.15) is 17.7 Å². The van der Waals surface area contributed by atoms with E-state index in [4.69, 9.17) is 16.3 Å². The summed E-state index contributed by atoms with van der Waals surface area (Å²) in [4.78, 5) is 19.9. The van der Waals surface area contributed by atoms with Crippen LogP contribution < -0.4 is 10.1 Å². The summed E-state index contributed by atoms with van der Waals surface area (Å²) in [5.41, 5.74) is 4.22. The largest absolute Gasteiger partial charge is 0.490 e. The van der Waals surface area contributed by atoms with Gasteiger partial charge in [0.15, 0.2) is 0 Å². The average molecular weight is 384 g/mol. The van der Waals surface area contributed by atoms with Crippen LogP contribution in [0.2, 0.25) is 5.02 Å². The van der Waals surface area contributed by atoms with Crippen molar-refractivity contribution in [1.29, 1.82) is 0 Å². The number of nitrogens with one attached hydrogen (secondary N) is 2. The van der Waals surface area contributed by atoms with Crippen LogP contribution in [0.1, 0.15) is 30.3 Å². The van der Waals surface area contributed by atoms with Gasteiger partial charge in [0.25, 0.3) is 0 Å². The molecule has 1 amide bonds. The topological polar surface area (TPSA) is 67.0 Å². The summed E-state index contributed by atoms with van der Waals surface area (Å²) >= 11 is 5.99. The summed E-state index contributed by atoms with van der Waals surface area (Å²) in [6.07, 6.45) is 3.05. The van der Waals surface area contributed by atoms with E-state index in [1.165, 1.54) is 11.1 Å². The van der Waals surface area contributed by atoms with E-state index in [0.29, 0.717) is 24.4 Å². The van der Waals surface area contributed by atoms with Gasteiger partial charge >= 0.3 is 0 Å². The minimum Gasteiger partial charge on any atom is -0.490 e. The lowest BCUT2D eigenvalue weighted by Gasteiger charge is -2.06. The van der Waals surface area contributed by atoms with E-state index < -0.39 is 0 Å². The van der Waals surface area contributed by atoms with E-state index in [0.717, 1.165) is 35.4 Å². The highest BCUT2D eigenvalue weighted by molar-refractivity contribution is 6.31. The summed E-state index contributed by atoms with van der Waals surface area (Å²) in [5, 5.41) is 3.65. The van der Waals surface area contributed by atoms with Crippen molar-refractivity contribution in [2.75, 3.05) is 6.54 Å². The summed E-state index contributed by atoms with van der Waals surface area (Å²) in [6.45, 7) is 2.63. The van der Waals surface area contributed by atoms with Crippen molar-refractivity contribution >= 4 is 28.5 Å². The van der Waals surface area contributed by atoms with Crippen molar-refractivity contribution in [2.45, 2.75) is 38.7 Å². The average Bonchev–Trinajstić information content (AvgIpc) is 3.20. The molecule has 0 aliphatic carbocycles. The normalized spacial score (nSPS) is 15.6. The van der Waals surface area contributed by atoms with Crippen molar-refractivity contribution < 1.29 is 9.53 Å². The molecular formula is C21H22ClN3O2. The number of hydrogen-bond acceptors (Lipinski definition) is 3. The number of rotatable bonds is 6. The highest BCUT2D eigenvalue weighted by atomic mass is 35.5. The van der Waals surface area contributed by atoms with Gasteiger partial charge in [-0.05, 0) is 48.7 Å². The maximum Gasteiger partial charge on any atom is 0.220 e. The molecule has 6 heteroatoms. The predicted octanol–water partition coefficient (Wildman–Crippen LogP) is 3.83. The summed E-state index contributed by atoms with van der Waals surface area (Å²) in [5.74, 6) is 1.88. The zero-order valence-electron chi connectivity index (χ0n) is 15.2. The van der Waals surface area contributed by atoms with Crippen molar-refractivity contribution in [3.8, 4) is 5.75 Å². The Morgan fingerprint density at radius 1 is 1.30 bits per heavy atom. The molecule has 0 spiro atoms. The zero-order valence-corrected chi connectivity index (χ0v) is 16.0. The van der Waals surface area contributed by atoms with Crippen LogP contribution in [0.25, 0.3) is 11.0 Å². The standard InChI is InChI=1S/C21H22ClN3O2/c1-13-10-15-11-14(2-6-19(15)27-13)3-7-21(26)23-9-8-20-24-17-5-4-16(22)12-18(17)25-20/h2,4-6,11-13H,3,7-10H2,1H3,(H,23,26)(H,24,25)/t13-/m1/s1. The van der Waals surface area contributed by atoms with Crippen LogP contribution in [0.3, 0.4) is 0 Å². The lowest BCUT2D eigenvalue weighted by atomic mass is 10.0. The molecule has 1 aliphatic rings. The number of aromatic amines is 1. The van der Waals surface area contributed by atoms with Gasteiger partial charge in [-0.1, -0.05) is 23.7 Å². The third-order valence-electron chi connectivity index (χ3n) is 4.78. The molecule has 27 heavy (non-hydrogen) atoms. The molecule has 0 saturated carbocycles. The molecule has 2 N–H and O–H groups in total. The van der Waals surface area contributed by atoms with E-state index in [1.807, 2.05) is 30.3 Å². The summed E-state index contributed by atoms with van der Waals surface area (Å²) < 4.78 is 5.72. The van der Waals surface area contributed by atoms with Crippen LogP contribution in [0, 0.1) is 0 Å². The van der Waals surface area contributed by atoms with E-state index in [-0.39, 0.29) is 12.0 Å². The first-order chi connectivity index (χ1) is 13.1. The van der Waals surface area contributed by atoms with Gasteiger partial charge in [-0.15, -0.1) is 0 Å². The minimum absolute atomic E-state index is 0.0549. The van der Waals surface area contributed by atoms with Crippen molar-refractivity contribution in [3.63, 3.8) is 0 Å². The molecule has 5 nitrogen and oxygen atoms in total. The number of amides is 1. The number of imidazole rings is 1. The van der Waals surface area contributed by atoms with Gasteiger partial charge in [0.2, 0.25) is 5.91 Å². The summed E-state index contributed by atoms with van der Waals surface area (Å²) in [7, 11) is 0. The number of benzene rings is 2. The Morgan fingerprint density at radius 2 is 2.19 bits per heavy atom. The van der Waals surface area contributed by atoms with Crippen molar-refractivity contribution in [3.05, 3.63) is 58.4 Å². The highest BCUT2D eigenvalue weighted by Crippen LogP contribution is 2.29. The number of carbonyl (C=O) groups excluding carboxylic acids is 1. The molecule has 3 aromatic rings. The van der Waals surface area contributed by atoms with Crippen molar-refractivity contribution in [1.82, 2.24) is 15.3 Å². The molecule has 140 valence electrons. The molecule has 0 bridgehead atoms. The fraction of sp³-hybridized carbons (Fsp3) is 0.333. The third-order valence-corrected chi connectivity index (χ3v) is 5.01. The number of nitrogens with zero attached hydrogens (tertiary/aromatic N) is 1. The van der Waals surface area contributed by atoms with Gasteiger partial charge < -0.3 is 15.0 Å². The second-order valence-corrected chi connectivity index (χ2v) is 7.46. The number of aromatic nitrogens is 2. The van der Waals surface area contributed by atoms with Gasteiger partial charge in [-0.25, -0.2) is 4.98 Å². The molecule has 0 unspecified atom stereocenters. The van der Waals surface area contributed by atoms with Crippen molar-refractivity contribution in [2.24, 2.45) is 0 Å². The quantitative estimate of drug-likeness (QED) is 0.679. The van der Waals surface area contributed by atoms with Crippen LogP contribution in [-0.2, 0) is 24.1 Å². The number of hydrogen-bond donors (Lipinski definition) is 2. The maximum absolute atomic E-state index is 12.1. The first kappa shape index (κ1) is 17.9. The van der Waals surface area contributed by atoms with Crippen LogP contribution >= 0.6 is 11.6 Å². The molecule has 0 saturated heterocycles. The smallest absolute Gasteiger partial charge is 0.220 e. The van der Waals surface area contributed by atoms with Gasteiger partial charge in [0, 0.05) is 30.8 Å². The van der Waals surface area contributed by atoms with Crippen LogP contribution in [0.15, 0.2) is 36.4 Å². The van der Waals surface area contributed by atoms with Gasteiger partial charge in [-0.3, -0.25) is 4.79 Å².